The Balaban J connectivity index is 1.95. The van der Waals surface area contributed by atoms with E-state index in [1.165, 1.54) is 12.5 Å². The molecule has 2 heterocycles. The van der Waals surface area contributed by atoms with Gasteiger partial charge < -0.3 is 10.6 Å². The van der Waals surface area contributed by atoms with Gasteiger partial charge in [-0.25, -0.2) is 9.97 Å². The highest BCUT2D eigenvalue weighted by Crippen LogP contribution is 2.03. The van der Waals surface area contributed by atoms with Crippen LogP contribution in [0, 0.1) is 0 Å². The molecule has 0 saturated heterocycles. The topological polar surface area (TPSA) is 95.6 Å². The summed E-state index contributed by atoms with van der Waals surface area (Å²) in [6, 6.07) is 3.44. The third-order valence-corrected chi connectivity index (χ3v) is 2.16. The van der Waals surface area contributed by atoms with E-state index in [1.807, 2.05) is 0 Å². The van der Waals surface area contributed by atoms with E-state index < -0.39 is 0 Å². The van der Waals surface area contributed by atoms with Gasteiger partial charge in [-0.1, -0.05) is 0 Å². The summed E-state index contributed by atoms with van der Waals surface area (Å²) >= 11 is 0. The fourth-order valence-electron chi connectivity index (χ4n) is 1.26. The Morgan fingerprint density at radius 2 is 2.29 bits per heavy atom. The van der Waals surface area contributed by atoms with Gasteiger partial charge in [0.2, 0.25) is 0 Å². The number of H-pyrrole nitrogens is 1. The van der Waals surface area contributed by atoms with Crippen LogP contribution in [0.5, 0.6) is 0 Å². The molecule has 7 heteroatoms. The molecule has 0 aromatic carbocycles. The van der Waals surface area contributed by atoms with Crippen molar-refractivity contribution in [3.05, 3.63) is 36.0 Å². The number of aromatic nitrogens is 4. The normalized spacial score (nSPS) is 9.94. The molecule has 0 unspecified atom stereocenters. The van der Waals surface area contributed by atoms with E-state index >= 15 is 0 Å². The largest absolute Gasteiger partial charge is 0.373 e. The van der Waals surface area contributed by atoms with Crippen molar-refractivity contribution in [2.75, 3.05) is 12.4 Å². The number of hydrogen-bond acceptors (Lipinski definition) is 5. The standard InChI is InChI=1S/C10H12N6O/c1-11-8-3-2-7(4-12-8)10(17)13-5-9-14-6-15-16-9/h2-4,6H,5H2,1H3,(H,11,12)(H,13,17)(H,14,15,16). The fourth-order valence-corrected chi connectivity index (χ4v) is 1.26. The summed E-state index contributed by atoms with van der Waals surface area (Å²) in [6.07, 6.45) is 2.91. The molecule has 7 nitrogen and oxygen atoms in total. The third-order valence-electron chi connectivity index (χ3n) is 2.16. The Hall–Kier alpha value is -2.44. The Morgan fingerprint density at radius 3 is 2.88 bits per heavy atom. The van der Waals surface area contributed by atoms with E-state index in [-0.39, 0.29) is 5.91 Å². The highest BCUT2D eigenvalue weighted by atomic mass is 16.1. The van der Waals surface area contributed by atoms with Crippen LogP contribution in [0.25, 0.3) is 0 Å². The number of amides is 1. The van der Waals surface area contributed by atoms with E-state index in [1.54, 1.807) is 19.2 Å². The van der Waals surface area contributed by atoms with Gasteiger partial charge in [-0.3, -0.25) is 9.89 Å². The molecule has 2 aromatic rings. The summed E-state index contributed by atoms with van der Waals surface area (Å²) in [6.45, 7) is 0.312. The van der Waals surface area contributed by atoms with Crippen molar-refractivity contribution in [2.45, 2.75) is 6.54 Å². The molecule has 2 aromatic heterocycles. The van der Waals surface area contributed by atoms with Crippen LogP contribution in [-0.2, 0) is 6.54 Å². The third kappa shape index (κ3) is 2.77. The van der Waals surface area contributed by atoms with Crippen LogP contribution in [-0.4, -0.2) is 33.1 Å². The fraction of sp³-hybridized carbons (Fsp3) is 0.200. The highest BCUT2D eigenvalue weighted by molar-refractivity contribution is 5.93. The Labute approximate surface area is 97.7 Å². The first-order chi connectivity index (χ1) is 8.29. The van der Waals surface area contributed by atoms with E-state index in [2.05, 4.69) is 30.8 Å². The molecule has 0 spiro atoms. The Kier molecular flexibility index (Phi) is 3.29. The second kappa shape index (κ2) is 5.06. The molecule has 0 radical (unpaired) electrons. The lowest BCUT2D eigenvalue weighted by Gasteiger charge is -2.03. The number of anilines is 1. The Morgan fingerprint density at radius 1 is 1.41 bits per heavy atom. The van der Waals surface area contributed by atoms with Crippen molar-refractivity contribution in [2.24, 2.45) is 0 Å². The molecule has 88 valence electrons. The first-order valence-corrected chi connectivity index (χ1v) is 5.06. The lowest BCUT2D eigenvalue weighted by atomic mass is 10.2. The zero-order valence-corrected chi connectivity index (χ0v) is 9.27. The molecule has 0 aliphatic rings. The molecule has 0 saturated carbocycles. The van der Waals surface area contributed by atoms with Crippen LogP contribution in [0.1, 0.15) is 16.2 Å². The van der Waals surface area contributed by atoms with E-state index in [9.17, 15) is 4.79 Å². The van der Waals surface area contributed by atoms with Crippen molar-refractivity contribution < 1.29 is 4.79 Å². The quantitative estimate of drug-likeness (QED) is 0.698. The van der Waals surface area contributed by atoms with Gasteiger partial charge in [0.1, 0.15) is 18.0 Å². The summed E-state index contributed by atoms with van der Waals surface area (Å²) in [5, 5.41) is 11.9. The molecule has 0 aliphatic heterocycles. The minimum atomic E-state index is -0.198. The number of hydrogen-bond donors (Lipinski definition) is 3. The second-order valence-corrected chi connectivity index (χ2v) is 3.30. The number of nitrogens with one attached hydrogen (secondary N) is 3. The zero-order chi connectivity index (χ0) is 12.1. The molecule has 0 fully saturated rings. The van der Waals surface area contributed by atoms with Crippen molar-refractivity contribution in [3.8, 4) is 0 Å². The Bertz CT molecular complexity index is 478. The highest BCUT2D eigenvalue weighted by Gasteiger charge is 2.06. The molecule has 3 N–H and O–H groups in total. The van der Waals surface area contributed by atoms with Gasteiger partial charge in [-0.05, 0) is 12.1 Å². The van der Waals surface area contributed by atoms with E-state index in [0.717, 1.165) is 5.82 Å². The molecule has 2 rings (SSSR count). The average molecular weight is 232 g/mol. The molecule has 0 atom stereocenters. The number of aromatic amines is 1. The second-order valence-electron chi connectivity index (χ2n) is 3.30. The summed E-state index contributed by atoms with van der Waals surface area (Å²) < 4.78 is 0. The molecule has 0 aliphatic carbocycles. The van der Waals surface area contributed by atoms with Gasteiger partial charge in [-0.15, -0.1) is 0 Å². The molecule has 1 amide bonds. The van der Waals surface area contributed by atoms with Crippen molar-refractivity contribution in [1.82, 2.24) is 25.5 Å². The minimum Gasteiger partial charge on any atom is -0.373 e. The number of rotatable bonds is 4. The maximum Gasteiger partial charge on any atom is 0.253 e. The van der Waals surface area contributed by atoms with Gasteiger partial charge in [0.25, 0.3) is 5.91 Å². The number of pyridine rings is 1. The monoisotopic (exact) mass is 232 g/mol. The molecule has 0 bridgehead atoms. The van der Waals surface area contributed by atoms with Crippen LogP contribution in [0.3, 0.4) is 0 Å². The molecule has 17 heavy (non-hydrogen) atoms. The number of carbonyl (C=O) groups excluding carboxylic acids is 1. The molecular weight excluding hydrogens is 220 g/mol. The van der Waals surface area contributed by atoms with E-state index in [0.29, 0.717) is 17.9 Å². The number of carbonyl (C=O) groups is 1. The van der Waals surface area contributed by atoms with Crippen LogP contribution < -0.4 is 10.6 Å². The lowest BCUT2D eigenvalue weighted by molar-refractivity contribution is 0.0949. The van der Waals surface area contributed by atoms with Crippen LogP contribution in [0.15, 0.2) is 24.7 Å². The molecular formula is C10H12N6O. The van der Waals surface area contributed by atoms with Gasteiger partial charge in [0, 0.05) is 13.2 Å². The van der Waals surface area contributed by atoms with Crippen LogP contribution in [0.4, 0.5) is 5.82 Å². The van der Waals surface area contributed by atoms with Gasteiger partial charge in [0.05, 0.1) is 12.1 Å². The smallest absolute Gasteiger partial charge is 0.253 e. The van der Waals surface area contributed by atoms with Crippen LogP contribution >= 0.6 is 0 Å². The average Bonchev–Trinajstić information content (AvgIpc) is 2.89. The van der Waals surface area contributed by atoms with Gasteiger partial charge in [0.15, 0.2) is 0 Å². The van der Waals surface area contributed by atoms with E-state index in [4.69, 9.17) is 0 Å². The summed E-state index contributed by atoms with van der Waals surface area (Å²) in [4.78, 5) is 19.7. The van der Waals surface area contributed by atoms with Gasteiger partial charge >= 0.3 is 0 Å². The van der Waals surface area contributed by atoms with Crippen LogP contribution in [0.2, 0.25) is 0 Å². The van der Waals surface area contributed by atoms with Crippen molar-refractivity contribution in [1.29, 1.82) is 0 Å². The maximum absolute atomic E-state index is 11.7. The van der Waals surface area contributed by atoms with Gasteiger partial charge in [-0.2, -0.15) is 5.10 Å². The van der Waals surface area contributed by atoms with Crippen molar-refractivity contribution >= 4 is 11.7 Å². The van der Waals surface area contributed by atoms with Crippen molar-refractivity contribution in [3.63, 3.8) is 0 Å². The summed E-state index contributed by atoms with van der Waals surface area (Å²) in [7, 11) is 1.77. The summed E-state index contributed by atoms with van der Waals surface area (Å²) in [5.41, 5.74) is 0.503. The predicted molar refractivity (Wildman–Crippen MR) is 61.3 cm³/mol. The minimum absolute atomic E-state index is 0.198. The first kappa shape index (κ1) is 11.1. The SMILES string of the molecule is CNc1ccc(C(=O)NCc2ncn[nH]2)cn1. The lowest BCUT2D eigenvalue weighted by Crippen LogP contribution is -2.23. The maximum atomic E-state index is 11.7. The number of nitrogens with zero attached hydrogens (tertiary/aromatic N) is 3. The predicted octanol–water partition coefficient (Wildman–Crippen LogP) is 0.171. The summed E-state index contributed by atoms with van der Waals surface area (Å²) in [5.74, 6) is 1.13. The first-order valence-electron chi connectivity index (χ1n) is 5.06. The zero-order valence-electron chi connectivity index (χ0n) is 9.27.